The molecule has 4 heteroatoms. The number of ketones is 1. The minimum Gasteiger partial charge on any atom is -0.486 e. The topological polar surface area (TPSA) is 59.3 Å². The highest BCUT2D eigenvalue weighted by Crippen LogP contribution is 2.35. The lowest BCUT2D eigenvalue weighted by Crippen LogP contribution is -2.16. The molecule has 22 heavy (non-hydrogen) atoms. The lowest BCUT2D eigenvalue weighted by Gasteiger charge is -2.19. The maximum atomic E-state index is 12.4. The fraction of sp³-hybridized carbons (Fsp3) is 0.111. The van der Waals surface area contributed by atoms with Gasteiger partial charge in [0.2, 0.25) is 5.78 Å². The van der Waals surface area contributed by atoms with Gasteiger partial charge in [0.1, 0.15) is 24.9 Å². The Bertz CT molecular complexity index is 773. The van der Waals surface area contributed by atoms with E-state index in [-0.39, 0.29) is 11.4 Å². The van der Waals surface area contributed by atoms with Gasteiger partial charge >= 0.3 is 0 Å². The fourth-order valence-electron chi connectivity index (χ4n) is 2.26. The molecule has 2 aromatic carbocycles. The third-order valence-electron chi connectivity index (χ3n) is 3.30. The van der Waals surface area contributed by atoms with Crippen LogP contribution in [0, 0.1) is 11.3 Å². The zero-order chi connectivity index (χ0) is 15.4. The summed E-state index contributed by atoms with van der Waals surface area (Å²) in [7, 11) is 0. The fourth-order valence-corrected chi connectivity index (χ4v) is 2.26. The van der Waals surface area contributed by atoms with Crippen molar-refractivity contribution in [3.05, 3.63) is 65.2 Å². The molecule has 0 fully saturated rings. The number of allylic oxidation sites excluding steroid dienone is 1. The highest BCUT2D eigenvalue weighted by molar-refractivity contribution is 6.14. The number of ether oxygens (including phenoxy) is 2. The van der Waals surface area contributed by atoms with Gasteiger partial charge in [-0.2, -0.15) is 5.26 Å². The van der Waals surface area contributed by atoms with Gasteiger partial charge < -0.3 is 9.47 Å². The summed E-state index contributed by atoms with van der Waals surface area (Å²) in [5, 5.41) is 9.31. The molecule has 0 N–H and O–H groups in total. The van der Waals surface area contributed by atoms with Crippen LogP contribution >= 0.6 is 0 Å². The van der Waals surface area contributed by atoms with E-state index in [4.69, 9.17) is 9.47 Å². The van der Waals surface area contributed by atoms with Crippen molar-refractivity contribution in [2.75, 3.05) is 13.2 Å². The quantitative estimate of drug-likeness (QED) is 0.495. The number of fused-ring (bicyclic) bond motifs is 1. The van der Waals surface area contributed by atoms with Crippen LogP contribution in [0.1, 0.15) is 15.9 Å². The molecule has 4 nitrogen and oxygen atoms in total. The van der Waals surface area contributed by atoms with Gasteiger partial charge in [0, 0.05) is 11.1 Å². The first-order valence-electron chi connectivity index (χ1n) is 6.90. The standard InChI is InChI=1S/C18H13NO3/c19-12-15(17(20)13-5-2-1-3-6-13)11-14-7-4-8-16-18(14)22-10-9-21-16/h1-8,11H,9-10H2. The Morgan fingerprint density at radius 1 is 1.05 bits per heavy atom. The second-order valence-electron chi connectivity index (χ2n) is 4.74. The largest absolute Gasteiger partial charge is 0.486 e. The molecule has 0 radical (unpaired) electrons. The van der Waals surface area contributed by atoms with Gasteiger partial charge in [-0.15, -0.1) is 0 Å². The summed E-state index contributed by atoms with van der Waals surface area (Å²) in [6, 6.07) is 16.1. The number of carbonyl (C=O) groups is 1. The second-order valence-corrected chi connectivity index (χ2v) is 4.74. The molecule has 0 aromatic heterocycles. The van der Waals surface area contributed by atoms with Gasteiger partial charge in [0.05, 0.1) is 0 Å². The highest BCUT2D eigenvalue weighted by Gasteiger charge is 2.17. The van der Waals surface area contributed by atoms with Crippen LogP contribution in [0.25, 0.3) is 6.08 Å². The van der Waals surface area contributed by atoms with E-state index in [9.17, 15) is 10.1 Å². The van der Waals surface area contributed by atoms with Crippen molar-refractivity contribution < 1.29 is 14.3 Å². The van der Waals surface area contributed by atoms with Crippen molar-refractivity contribution in [2.24, 2.45) is 0 Å². The molecule has 0 amide bonds. The van der Waals surface area contributed by atoms with Crippen molar-refractivity contribution in [3.63, 3.8) is 0 Å². The van der Waals surface area contributed by atoms with E-state index >= 15 is 0 Å². The van der Waals surface area contributed by atoms with Gasteiger partial charge in [-0.1, -0.05) is 42.5 Å². The number of nitriles is 1. The summed E-state index contributed by atoms with van der Waals surface area (Å²) in [5.41, 5.74) is 1.21. The van der Waals surface area contributed by atoms with Crippen molar-refractivity contribution in [2.45, 2.75) is 0 Å². The van der Waals surface area contributed by atoms with Crippen molar-refractivity contribution in [1.82, 2.24) is 0 Å². The van der Waals surface area contributed by atoms with E-state index in [0.29, 0.717) is 35.8 Å². The normalized spacial score (nSPS) is 13.3. The molecule has 0 atom stereocenters. The minimum absolute atomic E-state index is 0.0637. The van der Waals surface area contributed by atoms with E-state index in [1.807, 2.05) is 12.1 Å². The van der Waals surface area contributed by atoms with Crippen molar-refractivity contribution >= 4 is 11.9 Å². The Morgan fingerprint density at radius 2 is 1.82 bits per heavy atom. The zero-order valence-electron chi connectivity index (χ0n) is 11.8. The van der Waals surface area contributed by atoms with Gasteiger partial charge in [-0.05, 0) is 12.1 Å². The number of para-hydroxylation sites is 1. The molecule has 1 heterocycles. The van der Waals surface area contributed by atoms with Crippen LogP contribution in [-0.2, 0) is 0 Å². The first-order valence-corrected chi connectivity index (χ1v) is 6.90. The average molecular weight is 291 g/mol. The van der Waals surface area contributed by atoms with Crippen LogP contribution in [0.2, 0.25) is 0 Å². The number of benzene rings is 2. The molecule has 0 saturated heterocycles. The summed E-state index contributed by atoms with van der Waals surface area (Å²) in [5.74, 6) is 0.893. The summed E-state index contributed by atoms with van der Waals surface area (Å²) in [6.45, 7) is 0.945. The zero-order valence-corrected chi connectivity index (χ0v) is 11.8. The molecule has 108 valence electrons. The van der Waals surface area contributed by atoms with Crippen LogP contribution in [0.15, 0.2) is 54.1 Å². The van der Waals surface area contributed by atoms with E-state index in [1.54, 1.807) is 48.5 Å². The Labute approximate surface area is 128 Å². The molecule has 0 unspecified atom stereocenters. The Morgan fingerprint density at radius 3 is 2.59 bits per heavy atom. The van der Waals surface area contributed by atoms with E-state index in [2.05, 4.69) is 0 Å². The number of nitrogens with zero attached hydrogens (tertiary/aromatic N) is 1. The smallest absolute Gasteiger partial charge is 0.203 e. The van der Waals surface area contributed by atoms with Gasteiger partial charge in [-0.3, -0.25) is 4.79 Å². The maximum Gasteiger partial charge on any atom is 0.203 e. The monoisotopic (exact) mass is 291 g/mol. The number of rotatable bonds is 3. The minimum atomic E-state index is -0.308. The second kappa shape index (κ2) is 6.15. The molecule has 2 aromatic rings. The van der Waals surface area contributed by atoms with Crippen LogP contribution in [0.4, 0.5) is 0 Å². The van der Waals surface area contributed by atoms with Crippen LogP contribution in [0.3, 0.4) is 0 Å². The van der Waals surface area contributed by atoms with E-state index in [0.717, 1.165) is 0 Å². The summed E-state index contributed by atoms with van der Waals surface area (Å²) >= 11 is 0. The van der Waals surface area contributed by atoms with Gasteiger partial charge in [0.15, 0.2) is 11.5 Å². The van der Waals surface area contributed by atoms with Crippen LogP contribution in [0.5, 0.6) is 11.5 Å². The van der Waals surface area contributed by atoms with Gasteiger partial charge in [-0.25, -0.2) is 0 Å². The van der Waals surface area contributed by atoms with E-state index < -0.39 is 0 Å². The molecular weight excluding hydrogens is 278 g/mol. The highest BCUT2D eigenvalue weighted by atomic mass is 16.6. The van der Waals surface area contributed by atoms with Gasteiger partial charge in [0.25, 0.3) is 0 Å². The van der Waals surface area contributed by atoms with Crippen LogP contribution in [-0.4, -0.2) is 19.0 Å². The molecular formula is C18H13NO3. The molecule has 0 aliphatic carbocycles. The predicted molar refractivity (Wildman–Crippen MR) is 81.8 cm³/mol. The molecule has 0 spiro atoms. The first-order chi connectivity index (χ1) is 10.8. The third kappa shape index (κ3) is 2.70. The third-order valence-corrected chi connectivity index (χ3v) is 3.30. The number of carbonyl (C=O) groups excluding carboxylic acids is 1. The SMILES string of the molecule is N#CC(=Cc1cccc2c1OCCO2)C(=O)c1ccccc1. The van der Waals surface area contributed by atoms with Crippen molar-refractivity contribution in [1.29, 1.82) is 5.26 Å². The molecule has 1 aliphatic rings. The predicted octanol–water partition coefficient (Wildman–Crippen LogP) is 3.25. The summed E-state index contributed by atoms with van der Waals surface area (Å²) in [6.07, 6.45) is 1.54. The molecule has 0 saturated carbocycles. The first kappa shape index (κ1) is 13.9. The summed E-state index contributed by atoms with van der Waals surface area (Å²) < 4.78 is 11.1. The Kier molecular flexibility index (Phi) is 3.88. The molecule has 3 rings (SSSR count). The summed E-state index contributed by atoms with van der Waals surface area (Å²) in [4.78, 5) is 12.4. The Hall–Kier alpha value is -3.06. The number of hydrogen-bond donors (Lipinski definition) is 0. The lowest BCUT2D eigenvalue weighted by atomic mass is 10.0. The molecule has 0 bridgehead atoms. The van der Waals surface area contributed by atoms with Crippen molar-refractivity contribution in [3.8, 4) is 17.6 Å². The van der Waals surface area contributed by atoms with E-state index in [1.165, 1.54) is 0 Å². The Balaban J connectivity index is 2.00. The molecule has 1 aliphatic heterocycles. The van der Waals surface area contributed by atoms with Crippen LogP contribution < -0.4 is 9.47 Å². The lowest BCUT2D eigenvalue weighted by molar-refractivity contribution is 0.104. The maximum absolute atomic E-state index is 12.4. The number of Topliss-reactive ketones (excluding diaryl/α,β-unsaturated/α-hetero) is 1. The average Bonchev–Trinajstić information content (AvgIpc) is 2.60. The number of hydrogen-bond acceptors (Lipinski definition) is 4.